The third kappa shape index (κ3) is 10.7. The first kappa shape index (κ1) is 9.98. The summed E-state index contributed by atoms with van der Waals surface area (Å²) in [5.74, 6) is 0. The molecule has 0 amide bonds. The van der Waals surface area contributed by atoms with Gasteiger partial charge < -0.3 is 0 Å². The van der Waals surface area contributed by atoms with Crippen LogP contribution in [0, 0.1) is 0 Å². The van der Waals surface area contributed by atoms with Crippen molar-refractivity contribution < 1.29 is 0 Å². The van der Waals surface area contributed by atoms with Crippen molar-refractivity contribution in [1.29, 1.82) is 0 Å². The summed E-state index contributed by atoms with van der Waals surface area (Å²) in [5.41, 5.74) is 0. The molecular formula is AlIn2N2. The van der Waals surface area contributed by atoms with E-state index in [9.17, 15) is 0 Å². The molecule has 0 aromatic rings. The zero-order valence-corrected chi connectivity index (χ0v) is 10.4. The van der Waals surface area contributed by atoms with Crippen molar-refractivity contribution in [2.24, 2.45) is 6.20 Å². The third-order valence-corrected chi connectivity index (χ3v) is 3.00. The van der Waals surface area contributed by atoms with Crippen LogP contribution in [-0.2, 0) is 0 Å². The van der Waals surface area contributed by atoms with Gasteiger partial charge in [-0.1, -0.05) is 0 Å². The molecule has 0 saturated carbocycles. The Hall–Kier alpha value is 1.87. The molecule has 5 heavy (non-hydrogen) atoms. The van der Waals surface area contributed by atoms with Crippen molar-refractivity contribution in [1.82, 2.24) is 0 Å². The van der Waals surface area contributed by atoms with Crippen LogP contribution in [0.5, 0.6) is 0 Å². The molecule has 0 aliphatic carbocycles. The molecule has 5 heteroatoms. The molecule has 0 bridgehead atoms. The molecule has 0 rings (SSSR count). The number of hydrogen-bond acceptors (Lipinski definition) is 2. The predicted octanol–water partition coefficient (Wildman–Crippen LogP) is -0.775. The summed E-state index contributed by atoms with van der Waals surface area (Å²) in [6.45, 7) is 0. The average molecular weight is 285 g/mol. The van der Waals surface area contributed by atoms with Gasteiger partial charge in [0, 0.05) is 17.4 Å². The van der Waals surface area contributed by atoms with E-state index in [4.69, 9.17) is 0 Å². The quantitative estimate of drug-likeness (QED) is 0.412. The van der Waals surface area contributed by atoms with Crippen LogP contribution < -0.4 is 0 Å². The Morgan fingerprint density at radius 3 is 1.20 bits per heavy atom. The second kappa shape index (κ2) is 9.30. The Morgan fingerprint density at radius 1 is 1.00 bits per heavy atom. The molecule has 2 nitrogen and oxygen atoms in total. The molecule has 19 valence electrons. The van der Waals surface area contributed by atoms with Crippen molar-refractivity contribution in [3.05, 3.63) is 0 Å². The van der Waals surface area contributed by atoms with E-state index in [0.717, 1.165) is 49.3 Å². The number of hydrogen-bond donors (Lipinski definition) is 0. The average Bonchev–Trinajstić information content (AvgIpc) is 1.37. The fraction of sp³-hybridized carbons (Fsp3) is 0. The molecule has 0 spiro atoms. The van der Waals surface area contributed by atoms with Crippen LogP contribution in [-0.4, -0.2) is 66.7 Å². The molecule has 0 saturated heterocycles. The fourth-order valence-corrected chi connectivity index (χ4v) is 0. The zero-order chi connectivity index (χ0) is 3.41. The van der Waals surface area contributed by atoms with E-state index in [0.29, 0.717) is 0 Å². The van der Waals surface area contributed by atoms with Crippen LogP contribution in [0.1, 0.15) is 0 Å². The van der Waals surface area contributed by atoms with Crippen molar-refractivity contribution in [3.63, 3.8) is 0 Å². The normalized spacial score (nSPS) is 7.20. The summed E-state index contributed by atoms with van der Waals surface area (Å²) in [5, 5.41) is 0. The van der Waals surface area contributed by atoms with Crippen molar-refractivity contribution >= 4 is 66.7 Å². The van der Waals surface area contributed by atoms with E-state index in [1.807, 2.05) is 0 Å². The summed E-state index contributed by atoms with van der Waals surface area (Å²) in [7, 11) is 0. The first-order valence-corrected chi connectivity index (χ1v) is 3.66. The Balaban J connectivity index is 0. The topological polar surface area (TPSA) is 24.7 Å². The molecule has 0 aromatic carbocycles. The van der Waals surface area contributed by atoms with Gasteiger partial charge in [-0.3, -0.25) is 0 Å². The van der Waals surface area contributed by atoms with Gasteiger partial charge in [-0.25, -0.2) is 0 Å². The van der Waals surface area contributed by atoms with Crippen LogP contribution in [0.3, 0.4) is 0 Å². The van der Waals surface area contributed by atoms with E-state index >= 15 is 0 Å². The third-order valence-electron chi connectivity index (χ3n) is 0.0667. The maximum absolute atomic E-state index is 3.55. The van der Waals surface area contributed by atoms with Gasteiger partial charge in [0.2, 0.25) is 0 Å². The standard InChI is InChI=1S/Al.2In.N2/c;;;1-2/q;2*+1;-2. The van der Waals surface area contributed by atoms with Crippen LogP contribution in [0.25, 0.3) is 0 Å². The van der Waals surface area contributed by atoms with Gasteiger partial charge in [0.05, 0.1) is 0 Å². The van der Waals surface area contributed by atoms with E-state index in [2.05, 4.69) is 6.20 Å². The van der Waals surface area contributed by atoms with Gasteiger partial charge in [-0.15, -0.1) is 0 Å². The summed E-state index contributed by atoms with van der Waals surface area (Å²) < 4.78 is 7.10. The Labute approximate surface area is 71.9 Å². The van der Waals surface area contributed by atoms with E-state index in [1.54, 1.807) is 0 Å². The van der Waals surface area contributed by atoms with Crippen LogP contribution >= 0.6 is 0 Å². The summed E-state index contributed by atoms with van der Waals surface area (Å²) >= 11 is 1.86. The first-order valence-electron chi connectivity index (χ1n) is 0.716. The van der Waals surface area contributed by atoms with Gasteiger partial charge in [0.25, 0.3) is 0 Å². The number of rotatable bonds is 0. The molecule has 0 aromatic heterocycles. The van der Waals surface area contributed by atoms with E-state index in [1.165, 1.54) is 0 Å². The molecule has 0 heterocycles. The van der Waals surface area contributed by atoms with Crippen molar-refractivity contribution in [2.75, 3.05) is 0 Å². The zero-order valence-electron chi connectivity index (χ0n) is 2.63. The van der Waals surface area contributed by atoms with Crippen LogP contribution in [0.2, 0.25) is 0 Å². The molecule has 0 atom stereocenters. The van der Waals surface area contributed by atoms with E-state index < -0.39 is 0 Å². The molecule has 0 unspecified atom stereocenters. The van der Waals surface area contributed by atoms with Gasteiger partial charge in [0.15, 0.2) is 0 Å². The molecule has 0 N–H and O–H groups in total. The van der Waals surface area contributed by atoms with Gasteiger partial charge >= 0.3 is 55.5 Å². The first-order chi connectivity index (χ1) is 1.91. The number of nitrogens with zero attached hydrogens (tertiary/aromatic N) is 2. The van der Waals surface area contributed by atoms with E-state index in [-0.39, 0.29) is 17.4 Å². The fourth-order valence-electron chi connectivity index (χ4n) is 0. The Bertz CT molecular complexity index is 22.8. The van der Waals surface area contributed by atoms with Crippen molar-refractivity contribution in [3.8, 4) is 0 Å². The SMILES string of the molecule is [Al].[In][N]=[N][In]. The molecule has 0 aliphatic rings. The predicted molar refractivity (Wildman–Crippen MR) is 22.1 cm³/mol. The van der Waals surface area contributed by atoms with Gasteiger partial charge in [0.1, 0.15) is 0 Å². The Morgan fingerprint density at radius 2 is 1.20 bits per heavy atom. The van der Waals surface area contributed by atoms with Crippen molar-refractivity contribution in [2.45, 2.75) is 0 Å². The van der Waals surface area contributed by atoms with Crippen LogP contribution in [0.15, 0.2) is 6.20 Å². The molecule has 7 radical (unpaired) electrons. The second-order valence-corrected chi connectivity index (χ2v) is 1.55. The van der Waals surface area contributed by atoms with Gasteiger partial charge in [-0.05, 0) is 0 Å². The Kier molecular flexibility index (Phi) is 18.6. The van der Waals surface area contributed by atoms with Crippen LogP contribution in [0.4, 0.5) is 0 Å². The molecule has 0 fully saturated rings. The monoisotopic (exact) mass is 285 g/mol. The minimum absolute atomic E-state index is 0. The molecular weight excluding hydrogens is 285 g/mol. The minimum atomic E-state index is 0. The van der Waals surface area contributed by atoms with Gasteiger partial charge in [-0.2, -0.15) is 0 Å². The second-order valence-electron chi connectivity index (χ2n) is 0.231. The molecule has 0 aliphatic heterocycles. The summed E-state index contributed by atoms with van der Waals surface area (Å²) in [6, 6.07) is 0. The maximum atomic E-state index is 3.55. The summed E-state index contributed by atoms with van der Waals surface area (Å²) in [6.07, 6.45) is 0. The summed E-state index contributed by atoms with van der Waals surface area (Å²) in [4.78, 5) is 0.